The van der Waals surface area contributed by atoms with Gasteiger partial charge in [0, 0.05) is 19.7 Å². The predicted molar refractivity (Wildman–Crippen MR) is 87.1 cm³/mol. The first-order valence-corrected chi connectivity index (χ1v) is 8.57. The van der Waals surface area contributed by atoms with Crippen molar-refractivity contribution >= 4 is 16.0 Å². The van der Waals surface area contributed by atoms with Crippen molar-refractivity contribution in [1.82, 2.24) is 10.6 Å². The summed E-state index contributed by atoms with van der Waals surface area (Å²) >= 11 is 0. The van der Waals surface area contributed by atoms with Gasteiger partial charge in [0.05, 0.1) is 18.0 Å². The zero-order valence-electron chi connectivity index (χ0n) is 13.2. The summed E-state index contributed by atoms with van der Waals surface area (Å²) in [6.07, 6.45) is 0. The minimum absolute atomic E-state index is 0.0963. The third-order valence-corrected chi connectivity index (χ3v) is 3.74. The van der Waals surface area contributed by atoms with Gasteiger partial charge in [-0.05, 0) is 31.5 Å². The molecule has 124 valence electrons. The highest BCUT2D eigenvalue weighted by atomic mass is 32.2. The summed E-state index contributed by atoms with van der Waals surface area (Å²) in [6, 6.07) is 6.49. The molecule has 8 heteroatoms. The lowest BCUT2D eigenvalue weighted by atomic mass is 10.2. The van der Waals surface area contributed by atoms with Crippen molar-refractivity contribution in [3.05, 3.63) is 29.8 Å². The lowest BCUT2D eigenvalue weighted by molar-refractivity contribution is 0.179. The molecular formula is C14H24N4O3S. The Balaban J connectivity index is 2.73. The second-order valence-electron chi connectivity index (χ2n) is 4.88. The molecule has 0 saturated carbocycles. The van der Waals surface area contributed by atoms with E-state index in [-0.39, 0.29) is 10.9 Å². The zero-order chi connectivity index (χ0) is 16.6. The number of benzene rings is 1. The van der Waals surface area contributed by atoms with E-state index in [4.69, 9.17) is 9.88 Å². The zero-order valence-corrected chi connectivity index (χ0v) is 14.0. The number of aliphatic imine (C=N–C) groups is 1. The SMILES string of the molecule is CCNC(=NCc1ccc(S(N)(=O)=O)cc1)NC(C)COC. The van der Waals surface area contributed by atoms with Crippen LogP contribution in [0, 0.1) is 0 Å². The van der Waals surface area contributed by atoms with E-state index >= 15 is 0 Å². The number of ether oxygens (including phenoxy) is 1. The van der Waals surface area contributed by atoms with Gasteiger partial charge in [-0.15, -0.1) is 0 Å². The average molecular weight is 328 g/mol. The first kappa shape index (κ1) is 18.4. The Hall–Kier alpha value is -1.64. The third-order valence-electron chi connectivity index (χ3n) is 2.82. The number of rotatable bonds is 7. The number of hydrogen-bond acceptors (Lipinski definition) is 4. The van der Waals surface area contributed by atoms with Crippen LogP contribution in [0.15, 0.2) is 34.2 Å². The van der Waals surface area contributed by atoms with Gasteiger partial charge in [0.15, 0.2) is 5.96 Å². The Morgan fingerprint density at radius 1 is 1.36 bits per heavy atom. The van der Waals surface area contributed by atoms with Gasteiger partial charge >= 0.3 is 0 Å². The summed E-state index contributed by atoms with van der Waals surface area (Å²) in [5.74, 6) is 0.683. The monoisotopic (exact) mass is 328 g/mol. The Labute approximate surface area is 132 Å². The number of nitrogens with zero attached hydrogens (tertiary/aromatic N) is 1. The number of guanidine groups is 1. The van der Waals surface area contributed by atoms with Gasteiger partial charge in [0.1, 0.15) is 0 Å². The molecule has 0 fully saturated rings. The number of sulfonamides is 1. The van der Waals surface area contributed by atoms with Crippen LogP contribution >= 0.6 is 0 Å². The highest BCUT2D eigenvalue weighted by Crippen LogP contribution is 2.09. The summed E-state index contributed by atoms with van der Waals surface area (Å²) in [4.78, 5) is 4.55. The first-order chi connectivity index (χ1) is 10.4. The van der Waals surface area contributed by atoms with Crippen molar-refractivity contribution in [2.75, 3.05) is 20.3 Å². The van der Waals surface area contributed by atoms with E-state index in [1.807, 2.05) is 13.8 Å². The molecule has 0 aliphatic carbocycles. The van der Waals surface area contributed by atoms with Gasteiger partial charge in [-0.25, -0.2) is 18.5 Å². The van der Waals surface area contributed by atoms with Crippen LogP contribution in [0.1, 0.15) is 19.4 Å². The second-order valence-corrected chi connectivity index (χ2v) is 6.45. The highest BCUT2D eigenvalue weighted by molar-refractivity contribution is 7.89. The van der Waals surface area contributed by atoms with Crippen LogP contribution in [0.3, 0.4) is 0 Å². The van der Waals surface area contributed by atoms with Crippen molar-refractivity contribution in [3.63, 3.8) is 0 Å². The van der Waals surface area contributed by atoms with Gasteiger partial charge in [-0.3, -0.25) is 0 Å². The van der Waals surface area contributed by atoms with Crippen molar-refractivity contribution in [1.29, 1.82) is 0 Å². The van der Waals surface area contributed by atoms with E-state index in [9.17, 15) is 8.42 Å². The van der Waals surface area contributed by atoms with E-state index in [2.05, 4.69) is 15.6 Å². The van der Waals surface area contributed by atoms with Gasteiger partial charge < -0.3 is 15.4 Å². The number of nitrogens with two attached hydrogens (primary N) is 1. The van der Waals surface area contributed by atoms with Gasteiger partial charge in [-0.1, -0.05) is 12.1 Å². The predicted octanol–water partition coefficient (Wildman–Crippen LogP) is 0.424. The van der Waals surface area contributed by atoms with Crippen LogP contribution in [0.5, 0.6) is 0 Å². The van der Waals surface area contributed by atoms with Crippen molar-refractivity contribution in [2.45, 2.75) is 31.3 Å². The molecule has 0 aromatic heterocycles. The molecule has 0 aliphatic rings. The molecule has 0 radical (unpaired) electrons. The quantitative estimate of drug-likeness (QED) is 0.497. The largest absolute Gasteiger partial charge is 0.383 e. The van der Waals surface area contributed by atoms with Crippen LogP contribution < -0.4 is 15.8 Å². The van der Waals surface area contributed by atoms with E-state index in [1.54, 1.807) is 19.2 Å². The van der Waals surface area contributed by atoms with E-state index in [0.717, 1.165) is 12.1 Å². The summed E-state index contributed by atoms with van der Waals surface area (Å²) in [5.41, 5.74) is 0.893. The molecule has 0 amide bonds. The molecule has 0 spiro atoms. The second kappa shape index (κ2) is 8.72. The molecule has 0 bridgehead atoms. The fraction of sp³-hybridized carbons (Fsp3) is 0.500. The molecule has 4 N–H and O–H groups in total. The van der Waals surface area contributed by atoms with Crippen molar-refractivity contribution in [3.8, 4) is 0 Å². The standard InChI is InChI=1S/C14H24N4O3S/c1-4-16-14(18-11(2)10-21-3)17-9-12-5-7-13(8-6-12)22(15,19)20/h5-8,11H,4,9-10H2,1-3H3,(H2,15,19,20)(H2,16,17,18). The summed E-state index contributed by atoms with van der Waals surface area (Å²) in [7, 11) is -2.01. The molecule has 1 rings (SSSR count). The molecule has 1 aromatic rings. The number of nitrogens with one attached hydrogen (secondary N) is 2. The minimum atomic E-state index is -3.66. The van der Waals surface area contributed by atoms with E-state index in [0.29, 0.717) is 19.1 Å². The maximum atomic E-state index is 11.2. The Morgan fingerprint density at radius 2 is 2.00 bits per heavy atom. The molecule has 1 aromatic carbocycles. The third kappa shape index (κ3) is 6.42. The van der Waals surface area contributed by atoms with Crippen molar-refractivity contribution < 1.29 is 13.2 Å². The smallest absolute Gasteiger partial charge is 0.238 e. The first-order valence-electron chi connectivity index (χ1n) is 7.02. The number of primary sulfonamides is 1. The fourth-order valence-electron chi connectivity index (χ4n) is 1.80. The highest BCUT2D eigenvalue weighted by Gasteiger charge is 2.07. The summed E-state index contributed by atoms with van der Waals surface area (Å²) in [6.45, 7) is 5.74. The van der Waals surface area contributed by atoms with Gasteiger partial charge in [-0.2, -0.15) is 0 Å². The molecule has 0 aliphatic heterocycles. The van der Waals surface area contributed by atoms with Crippen LogP contribution in [0.4, 0.5) is 0 Å². The van der Waals surface area contributed by atoms with E-state index < -0.39 is 10.0 Å². The lowest BCUT2D eigenvalue weighted by Crippen LogP contribution is -2.43. The van der Waals surface area contributed by atoms with Gasteiger partial charge in [0.2, 0.25) is 10.0 Å². The van der Waals surface area contributed by atoms with Crippen LogP contribution in [0.2, 0.25) is 0 Å². The molecule has 1 atom stereocenters. The minimum Gasteiger partial charge on any atom is -0.383 e. The fourth-order valence-corrected chi connectivity index (χ4v) is 2.32. The molecule has 22 heavy (non-hydrogen) atoms. The lowest BCUT2D eigenvalue weighted by Gasteiger charge is -2.17. The molecule has 1 unspecified atom stereocenters. The van der Waals surface area contributed by atoms with Crippen LogP contribution in [-0.2, 0) is 21.3 Å². The molecule has 0 heterocycles. The molecular weight excluding hydrogens is 304 g/mol. The Kier molecular flexibility index (Phi) is 7.30. The van der Waals surface area contributed by atoms with Crippen LogP contribution in [0.25, 0.3) is 0 Å². The topological polar surface area (TPSA) is 106 Å². The number of methoxy groups -OCH3 is 1. The number of hydrogen-bond donors (Lipinski definition) is 3. The summed E-state index contributed by atoms with van der Waals surface area (Å²) in [5, 5.41) is 11.4. The van der Waals surface area contributed by atoms with Crippen molar-refractivity contribution in [2.24, 2.45) is 10.1 Å². The van der Waals surface area contributed by atoms with Crippen LogP contribution in [-0.4, -0.2) is 40.7 Å². The average Bonchev–Trinajstić information content (AvgIpc) is 2.45. The maximum absolute atomic E-state index is 11.2. The Morgan fingerprint density at radius 3 is 2.50 bits per heavy atom. The molecule has 7 nitrogen and oxygen atoms in total. The normalized spacial score (nSPS) is 13.7. The maximum Gasteiger partial charge on any atom is 0.238 e. The Bertz CT molecular complexity index is 585. The van der Waals surface area contributed by atoms with Gasteiger partial charge in [0.25, 0.3) is 0 Å². The van der Waals surface area contributed by atoms with E-state index in [1.165, 1.54) is 12.1 Å². The summed E-state index contributed by atoms with van der Waals surface area (Å²) < 4.78 is 27.5. The molecule has 0 saturated heterocycles.